The highest BCUT2D eigenvalue weighted by molar-refractivity contribution is 5.25. The predicted molar refractivity (Wildman–Crippen MR) is 77.6 cm³/mol. The van der Waals surface area contributed by atoms with E-state index in [1.165, 1.54) is 29.7 Å². The third kappa shape index (κ3) is 3.44. The number of nitrogens with two attached hydrogens (primary N) is 1. The maximum atomic E-state index is 5.69. The number of nitrogens with zero attached hydrogens (tertiary/aromatic N) is 1. The molecule has 0 aliphatic carbocycles. The zero-order chi connectivity index (χ0) is 13.0. The molecule has 0 amide bonds. The van der Waals surface area contributed by atoms with Crippen molar-refractivity contribution < 1.29 is 0 Å². The fraction of sp³-hybridized carbons (Fsp3) is 0.500. The van der Waals surface area contributed by atoms with Crippen LogP contribution < -0.4 is 5.73 Å². The van der Waals surface area contributed by atoms with Gasteiger partial charge >= 0.3 is 0 Å². The molecule has 0 fully saturated rings. The molecule has 1 atom stereocenters. The molecule has 2 nitrogen and oxygen atoms in total. The summed E-state index contributed by atoms with van der Waals surface area (Å²) in [4.78, 5) is 2.49. The van der Waals surface area contributed by atoms with Crippen molar-refractivity contribution in [3.8, 4) is 0 Å². The first-order valence-corrected chi connectivity index (χ1v) is 6.86. The SMILES string of the molecule is CC1=CCN(Cc2ccc(C(C)CN)cc2)CC1. The Morgan fingerprint density at radius 2 is 2.00 bits per heavy atom. The van der Waals surface area contributed by atoms with E-state index < -0.39 is 0 Å². The van der Waals surface area contributed by atoms with E-state index in [0.29, 0.717) is 5.92 Å². The maximum absolute atomic E-state index is 5.69. The molecule has 98 valence electrons. The molecule has 2 rings (SSSR count). The minimum absolute atomic E-state index is 0.458. The molecular weight excluding hydrogens is 220 g/mol. The van der Waals surface area contributed by atoms with E-state index in [2.05, 4.69) is 49.1 Å². The lowest BCUT2D eigenvalue weighted by Gasteiger charge is -2.25. The number of hydrogen-bond donors (Lipinski definition) is 1. The first-order valence-electron chi connectivity index (χ1n) is 6.86. The van der Waals surface area contributed by atoms with Crippen LogP contribution in [0.4, 0.5) is 0 Å². The Hall–Kier alpha value is -1.12. The van der Waals surface area contributed by atoms with Crippen LogP contribution >= 0.6 is 0 Å². The van der Waals surface area contributed by atoms with Crippen molar-refractivity contribution in [3.63, 3.8) is 0 Å². The van der Waals surface area contributed by atoms with E-state index >= 15 is 0 Å². The molecule has 18 heavy (non-hydrogen) atoms. The van der Waals surface area contributed by atoms with Gasteiger partial charge in [0.15, 0.2) is 0 Å². The predicted octanol–water partition coefficient (Wildman–Crippen LogP) is 2.90. The van der Waals surface area contributed by atoms with Crippen LogP contribution in [0, 0.1) is 0 Å². The monoisotopic (exact) mass is 244 g/mol. The van der Waals surface area contributed by atoms with Crippen molar-refractivity contribution in [1.82, 2.24) is 4.90 Å². The second kappa shape index (κ2) is 6.17. The van der Waals surface area contributed by atoms with Crippen LogP contribution in [0.15, 0.2) is 35.9 Å². The average molecular weight is 244 g/mol. The van der Waals surface area contributed by atoms with Gasteiger partial charge in [0.05, 0.1) is 0 Å². The lowest BCUT2D eigenvalue weighted by atomic mass is 10.00. The molecule has 1 aliphatic heterocycles. The van der Waals surface area contributed by atoms with Gasteiger partial charge in [-0.05, 0) is 36.9 Å². The Bertz CT molecular complexity index is 406. The molecule has 1 unspecified atom stereocenters. The molecule has 0 saturated heterocycles. The normalized spacial score (nSPS) is 18.5. The van der Waals surface area contributed by atoms with Crippen LogP contribution in [0.25, 0.3) is 0 Å². The minimum Gasteiger partial charge on any atom is -0.330 e. The number of rotatable bonds is 4. The van der Waals surface area contributed by atoms with Crippen LogP contribution in [-0.4, -0.2) is 24.5 Å². The van der Waals surface area contributed by atoms with E-state index in [-0.39, 0.29) is 0 Å². The first-order chi connectivity index (χ1) is 8.69. The fourth-order valence-electron chi connectivity index (χ4n) is 2.30. The highest BCUT2D eigenvalue weighted by atomic mass is 15.1. The molecule has 0 saturated carbocycles. The van der Waals surface area contributed by atoms with Gasteiger partial charge in [-0.25, -0.2) is 0 Å². The largest absolute Gasteiger partial charge is 0.330 e. The standard InChI is InChI=1S/C16H24N2/c1-13-7-9-18(10-8-13)12-15-3-5-16(6-4-15)14(2)11-17/h3-7,14H,8-12,17H2,1-2H3. The van der Waals surface area contributed by atoms with E-state index in [1.54, 1.807) is 0 Å². The van der Waals surface area contributed by atoms with Gasteiger partial charge in [0.2, 0.25) is 0 Å². The lowest BCUT2D eigenvalue weighted by molar-refractivity contribution is 0.286. The van der Waals surface area contributed by atoms with Crippen LogP contribution in [0.2, 0.25) is 0 Å². The summed E-state index contributed by atoms with van der Waals surface area (Å²) >= 11 is 0. The van der Waals surface area contributed by atoms with Gasteiger partial charge in [-0.3, -0.25) is 4.90 Å². The highest BCUT2D eigenvalue weighted by Crippen LogP contribution is 2.17. The van der Waals surface area contributed by atoms with Crippen molar-refractivity contribution in [3.05, 3.63) is 47.0 Å². The summed E-state index contributed by atoms with van der Waals surface area (Å²) in [6, 6.07) is 8.93. The zero-order valence-corrected chi connectivity index (χ0v) is 11.5. The molecule has 0 radical (unpaired) electrons. The fourth-order valence-corrected chi connectivity index (χ4v) is 2.30. The van der Waals surface area contributed by atoms with Crippen LogP contribution in [0.3, 0.4) is 0 Å². The lowest BCUT2D eigenvalue weighted by Crippen LogP contribution is -2.27. The molecule has 1 heterocycles. The maximum Gasteiger partial charge on any atom is 0.0237 e. The molecule has 1 aromatic carbocycles. The Kier molecular flexibility index (Phi) is 4.56. The third-order valence-electron chi connectivity index (χ3n) is 3.83. The van der Waals surface area contributed by atoms with Gasteiger partial charge in [-0.1, -0.05) is 42.8 Å². The number of benzene rings is 1. The van der Waals surface area contributed by atoms with Gasteiger partial charge < -0.3 is 5.73 Å². The van der Waals surface area contributed by atoms with Crippen molar-refractivity contribution >= 4 is 0 Å². The molecule has 0 aromatic heterocycles. The quantitative estimate of drug-likeness (QED) is 0.825. The third-order valence-corrected chi connectivity index (χ3v) is 3.83. The Balaban J connectivity index is 1.94. The van der Waals surface area contributed by atoms with E-state index in [1.807, 2.05) is 0 Å². The van der Waals surface area contributed by atoms with Gasteiger partial charge in [-0.2, -0.15) is 0 Å². The van der Waals surface area contributed by atoms with Crippen LogP contribution in [0.5, 0.6) is 0 Å². The average Bonchev–Trinajstić information content (AvgIpc) is 2.41. The van der Waals surface area contributed by atoms with Crippen molar-refractivity contribution in [2.24, 2.45) is 5.73 Å². The van der Waals surface area contributed by atoms with Crippen molar-refractivity contribution in [2.75, 3.05) is 19.6 Å². The second-order valence-corrected chi connectivity index (χ2v) is 5.41. The Morgan fingerprint density at radius 1 is 1.28 bits per heavy atom. The summed E-state index contributed by atoms with van der Waals surface area (Å²) in [5.74, 6) is 0.458. The van der Waals surface area contributed by atoms with Crippen LogP contribution in [0.1, 0.15) is 37.3 Å². The molecule has 2 heteroatoms. The smallest absolute Gasteiger partial charge is 0.0237 e. The summed E-state index contributed by atoms with van der Waals surface area (Å²) in [7, 11) is 0. The molecule has 0 bridgehead atoms. The topological polar surface area (TPSA) is 29.3 Å². The summed E-state index contributed by atoms with van der Waals surface area (Å²) in [5.41, 5.74) is 9.96. The Labute approximate surface area is 110 Å². The summed E-state index contributed by atoms with van der Waals surface area (Å²) < 4.78 is 0. The molecule has 0 spiro atoms. The summed E-state index contributed by atoms with van der Waals surface area (Å²) in [6.45, 7) is 8.44. The van der Waals surface area contributed by atoms with E-state index in [9.17, 15) is 0 Å². The summed E-state index contributed by atoms with van der Waals surface area (Å²) in [5, 5.41) is 0. The molecule has 1 aromatic rings. The van der Waals surface area contributed by atoms with Gasteiger partial charge in [0, 0.05) is 19.6 Å². The van der Waals surface area contributed by atoms with Crippen molar-refractivity contribution in [2.45, 2.75) is 32.7 Å². The van der Waals surface area contributed by atoms with Crippen molar-refractivity contribution in [1.29, 1.82) is 0 Å². The highest BCUT2D eigenvalue weighted by Gasteiger charge is 2.10. The molecule has 2 N–H and O–H groups in total. The first kappa shape index (κ1) is 13.3. The second-order valence-electron chi connectivity index (χ2n) is 5.41. The zero-order valence-electron chi connectivity index (χ0n) is 11.5. The van der Waals surface area contributed by atoms with E-state index in [0.717, 1.165) is 19.6 Å². The number of hydrogen-bond acceptors (Lipinski definition) is 2. The Morgan fingerprint density at radius 3 is 2.56 bits per heavy atom. The van der Waals surface area contributed by atoms with Gasteiger partial charge in [0.1, 0.15) is 0 Å². The van der Waals surface area contributed by atoms with Crippen LogP contribution in [-0.2, 0) is 6.54 Å². The van der Waals surface area contributed by atoms with Gasteiger partial charge in [-0.15, -0.1) is 0 Å². The molecular formula is C16H24N2. The minimum atomic E-state index is 0.458. The van der Waals surface area contributed by atoms with Gasteiger partial charge in [0.25, 0.3) is 0 Å². The molecule has 1 aliphatic rings. The van der Waals surface area contributed by atoms with E-state index in [4.69, 9.17) is 5.73 Å². The summed E-state index contributed by atoms with van der Waals surface area (Å²) in [6.07, 6.45) is 3.55.